The molecule has 1 saturated heterocycles. The molecule has 0 spiro atoms. The van der Waals surface area contributed by atoms with Gasteiger partial charge in [-0.05, 0) is 56.3 Å². The normalized spacial score (nSPS) is 26.8. The van der Waals surface area contributed by atoms with Gasteiger partial charge in [0, 0.05) is 0 Å². The number of nitriles is 1. The van der Waals surface area contributed by atoms with Gasteiger partial charge < -0.3 is 14.6 Å². The number of hydrogen-bond donors (Lipinski definition) is 1. The van der Waals surface area contributed by atoms with Gasteiger partial charge in [0.1, 0.15) is 0 Å². The average molecular weight is 492 g/mol. The van der Waals surface area contributed by atoms with Crippen LogP contribution >= 0.6 is 0 Å². The largest absolute Gasteiger partial charge is 0.480 e. The minimum Gasteiger partial charge on any atom is -0.480 e. The maximum Gasteiger partial charge on any atom is 0.328 e. The van der Waals surface area contributed by atoms with Crippen molar-refractivity contribution < 1.29 is 19.4 Å². The Morgan fingerprint density at radius 2 is 1.43 bits per heavy atom. The Kier molecular flexibility index (Phi) is 14.3. The summed E-state index contributed by atoms with van der Waals surface area (Å²) in [7, 11) is 0. The molecule has 202 valence electrons. The Labute approximate surface area is 215 Å². The van der Waals surface area contributed by atoms with Gasteiger partial charge in [0.05, 0.1) is 19.3 Å². The van der Waals surface area contributed by atoms with E-state index < -0.39 is 11.4 Å². The molecule has 0 aromatic heterocycles. The maximum atomic E-state index is 10.9. The molecular weight excluding hydrogens is 438 g/mol. The summed E-state index contributed by atoms with van der Waals surface area (Å²) in [5.41, 5.74) is -0.730. The first-order chi connectivity index (χ1) is 17.0. The minimum atomic E-state index is -1.53. The van der Waals surface area contributed by atoms with Crippen LogP contribution in [-0.4, -0.2) is 30.6 Å². The Morgan fingerprint density at radius 3 is 2.00 bits per heavy atom. The van der Waals surface area contributed by atoms with E-state index in [-0.39, 0.29) is 19.5 Å². The van der Waals surface area contributed by atoms with Crippen molar-refractivity contribution in [2.75, 3.05) is 13.2 Å². The van der Waals surface area contributed by atoms with Crippen molar-refractivity contribution in [3.63, 3.8) is 0 Å². The zero-order valence-electron chi connectivity index (χ0n) is 22.8. The van der Waals surface area contributed by atoms with Crippen LogP contribution < -0.4 is 0 Å². The fourth-order valence-electron chi connectivity index (χ4n) is 6.44. The van der Waals surface area contributed by atoms with Crippen LogP contribution in [0.15, 0.2) is 0 Å². The molecule has 1 N–H and O–H groups in total. The van der Waals surface area contributed by atoms with Crippen LogP contribution in [0.5, 0.6) is 0 Å². The summed E-state index contributed by atoms with van der Waals surface area (Å²) in [5.74, 6) is -0.0743. The van der Waals surface area contributed by atoms with E-state index in [0.717, 1.165) is 37.0 Å². The van der Waals surface area contributed by atoms with E-state index in [4.69, 9.17) is 19.8 Å². The third-order valence-electron chi connectivity index (χ3n) is 8.80. The van der Waals surface area contributed by atoms with Crippen LogP contribution in [0, 0.1) is 28.1 Å². The highest BCUT2D eigenvalue weighted by molar-refractivity contribution is 5.78. The van der Waals surface area contributed by atoms with Crippen LogP contribution in [0.2, 0.25) is 0 Å². The molecule has 0 radical (unpaired) electrons. The van der Waals surface area contributed by atoms with Gasteiger partial charge in [0.2, 0.25) is 5.41 Å². The molecule has 3 fully saturated rings. The van der Waals surface area contributed by atoms with Crippen LogP contribution in [0.25, 0.3) is 0 Å². The van der Waals surface area contributed by atoms with Gasteiger partial charge in [-0.3, -0.25) is 4.79 Å². The lowest BCUT2D eigenvalue weighted by Crippen LogP contribution is -2.46. The summed E-state index contributed by atoms with van der Waals surface area (Å²) >= 11 is 0. The molecule has 5 heteroatoms. The number of carboxylic acid groups (broad SMARTS) is 1. The number of hydrogen-bond acceptors (Lipinski definition) is 4. The lowest BCUT2D eigenvalue weighted by atomic mass is 9.59. The Balaban J connectivity index is 0.000000251. The van der Waals surface area contributed by atoms with Crippen molar-refractivity contribution in [1.29, 1.82) is 5.26 Å². The monoisotopic (exact) mass is 491 g/mol. The second kappa shape index (κ2) is 16.6. The van der Waals surface area contributed by atoms with Crippen molar-refractivity contribution in [3.05, 3.63) is 0 Å². The number of unbranched alkanes of at least 4 members (excludes halogenated alkanes) is 6. The van der Waals surface area contributed by atoms with E-state index in [1.807, 2.05) is 0 Å². The second-order valence-corrected chi connectivity index (χ2v) is 11.5. The SMILES string of the molecule is CCCCCCCC1(C2CCCCC2)CCCCC1.CCCCC[C@H]1OC[C@@](C#N)(C(=O)O)CO1. The van der Waals surface area contributed by atoms with E-state index in [1.165, 1.54) is 70.6 Å². The Hall–Kier alpha value is -1.12. The first-order valence-electron chi connectivity index (χ1n) is 14.9. The first kappa shape index (κ1) is 30.1. The highest BCUT2D eigenvalue weighted by Gasteiger charge is 2.44. The molecule has 5 nitrogen and oxygen atoms in total. The molecule has 3 rings (SSSR count). The van der Waals surface area contributed by atoms with E-state index in [1.54, 1.807) is 38.2 Å². The second-order valence-electron chi connectivity index (χ2n) is 11.5. The van der Waals surface area contributed by atoms with Crippen molar-refractivity contribution in [2.45, 2.75) is 149 Å². The molecule has 3 aliphatic rings. The molecule has 0 unspecified atom stereocenters. The summed E-state index contributed by atoms with van der Waals surface area (Å²) in [6.45, 7) is 4.25. The maximum absolute atomic E-state index is 10.9. The standard InChI is InChI=1S/C19H36.C11H17NO4/c1-2-3-4-5-10-15-19(16-11-7-12-17-19)18-13-8-6-9-14-18;1-2-3-4-5-9-15-7-11(6-12,8-16-9)10(13)14/h18H,2-17H2,1H3;9H,2-5,7-8H2,1H3,(H,13,14)/t;9-,11+. The average Bonchev–Trinajstić information content (AvgIpc) is 2.90. The summed E-state index contributed by atoms with van der Waals surface area (Å²) in [5, 5.41) is 17.7. The predicted molar refractivity (Wildman–Crippen MR) is 141 cm³/mol. The lowest BCUT2D eigenvalue weighted by molar-refractivity contribution is -0.224. The van der Waals surface area contributed by atoms with Crippen molar-refractivity contribution >= 4 is 5.97 Å². The lowest BCUT2D eigenvalue weighted by Gasteiger charge is -2.46. The Morgan fingerprint density at radius 1 is 0.857 bits per heavy atom. The van der Waals surface area contributed by atoms with Crippen LogP contribution in [-0.2, 0) is 14.3 Å². The Bertz CT molecular complexity index is 608. The summed E-state index contributed by atoms with van der Waals surface area (Å²) in [6, 6.07) is 1.76. The molecule has 0 bridgehead atoms. The van der Waals surface area contributed by atoms with Crippen molar-refractivity contribution in [1.82, 2.24) is 0 Å². The van der Waals surface area contributed by atoms with Crippen LogP contribution in [0.1, 0.15) is 142 Å². The van der Waals surface area contributed by atoms with Crippen molar-refractivity contribution in [3.8, 4) is 6.07 Å². The smallest absolute Gasteiger partial charge is 0.328 e. The van der Waals surface area contributed by atoms with Gasteiger partial charge in [0.15, 0.2) is 6.29 Å². The van der Waals surface area contributed by atoms with E-state index in [2.05, 4.69) is 13.8 Å². The van der Waals surface area contributed by atoms with E-state index in [0.29, 0.717) is 0 Å². The van der Waals surface area contributed by atoms with Crippen molar-refractivity contribution in [2.24, 2.45) is 16.7 Å². The topological polar surface area (TPSA) is 79.5 Å². The fourth-order valence-corrected chi connectivity index (χ4v) is 6.44. The van der Waals surface area contributed by atoms with Crippen LogP contribution in [0.3, 0.4) is 0 Å². The van der Waals surface area contributed by atoms with Gasteiger partial charge in [-0.25, -0.2) is 0 Å². The molecular formula is C30H53NO4. The van der Waals surface area contributed by atoms with Crippen LogP contribution in [0.4, 0.5) is 0 Å². The number of rotatable bonds is 12. The molecule has 1 aliphatic heterocycles. The van der Waals surface area contributed by atoms with E-state index in [9.17, 15) is 4.79 Å². The highest BCUT2D eigenvalue weighted by atomic mass is 16.7. The zero-order valence-corrected chi connectivity index (χ0v) is 22.8. The summed E-state index contributed by atoms with van der Waals surface area (Å²) in [4.78, 5) is 10.9. The third-order valence-corrected chi connectivity index (χ3v) is 8.80. The minimum absolute atomic E-state index is 0.0877. The third kappa shape index (κ3) is 9.69. The quantitative estimate of drug-likeness (QED) is 0.277. The summed E-state index contributed by atoms with van der Waals surface area (Å²) < 4.78 is 10.5. The molecule has 2 aliphatic carbocycles. The van der Waals surface area contributed by atoms with Gasteiger partial charge in [-0.2, -0.15) is 5.26 Å². The van der Waals surface area contributed by atoms with Gasteiger partial charge in [0.25, 0.3) is 0 Å². The fraction of sp³-hybridized carbons (Fsp3) is 0.933. The molecule has 0 atom stereocenters. The number of ether oxygens (including phenoxy) is 2. The summed E-state index contributed by atoms with van der Waals surface area (Å²) in [6.07, 6.45) is 28.0. The molecule has 0 aromatic carbocycles. The molecule has 1 heterocycles. The number of carboxylic acids is 1. The number of carbonyl (C=O) groups is 1. The first-order valence-corrected chi connectivity index (χ1v) is 14.9. The van der Waals surface area contributed by atoms with Gasteiger partial charge >= 0.3 is 5.97 Å². The van der Waals surface area contributed by atoms with E-state index >= 15 is 0 Å². The van der Waals surface area contributed by atoms with Gasteiger partial charge in [-0.15, -0.1) is 0 Å². The number of nitrogens with zero attached hydrogens (tertiary/aromatic N) is 1. The predicted octanol–water partition coefficient (Wildman–Crippen LogP) is 8.41. The van der Waals surface area contributed by atoms with Gasteiger partial charge in [-0.1, -0.05) is 97.3 Å². The molecule has 2 saturated carbocycles. The zero-order chi connectivity index (χ0) is 25.4. The number of aliphatic carboxylic acids is 1. The molecule has 35 heavy (non-hydrogen) atoms. The molecule has 0 amide bonds. The highest BCUT2D eigenvalue weighted by Crippen LogP contribution is 2.51. The molecule has 0 aromatic rings.